The maximum Gasteiger partial charge on any atom is 0.262 e. The maximum absolute atomic E-state index is 12.0. The molecule has 0 unspecified atom stereocenters. The molecule has 5 heteroatoms. The van der Waals surface area contributed by atoms with Crippen LogP contribution < -0.4 is 10.1 Å². The molecule has 3 aromatic carbocycles. The molecule has 0 bridgehead atoms. The van der Waals surface area contributed by atoms with E-state index in [-0.39, 0.29) is 12.5 Å². The molecule has 0 aliphatic rings. The summed E-state index contributed by atoms with van der Waals surface area (Å²) in [7, 11) is 0. The Morgan fingerprint density at radius 3 is 2.52 bits per heavy atom. The molecule has 0 radical (unpaired) electrons. The van der Waals surface area contributed by atoms with Gasteiger partial charge in [0.1, 0.15) is 5.75 Å². The van der Waals surface area contributed by atoms with E-state index < -0.39 is 0 Å². The van der Waals surface area contributed by atoms with Crippen LogP contribution in [0.1, 0.15) is 11.1 Å². The van der Waals surface area contributed by atoms with Crippen molar-refractivity contribution in [2.24, 2.45) is 4.99 Å². The van der Waals surface area contributed by atoms with E-state index in [9.17, 15) is 4.79 Å². The molecule has 27 heavy (non-hydrogen) atoms. The fraction of sp³-hybridized carbons (Fsp3) is 0.0909. The van der Waals surface area contributed by atoms with Crippen LogP contribution in [0.2, 0.25) is 5.02 Å². The first-order chi connectivity index (χ1) is 13.1. The molecule has 0 fully saturated rings. The number of rotatable bonds is 6. The van der Waals surface area contributed by atoms with Crippen molar-refractivity contribution in [3.63, 3.8) is 0 Å². The molecule has 0 saturated heterocycles. The number of ether oxygens (including phenoxy) is 1. The van der Waals surface area contributed by atoms with E-state index in [0.29, 0.717) is 16.5 Å². The number of nitrogens with zero attached hydrogens (tertiary/aromatic N) is 1. The largest absolute Gasteiger partial charge is 0.484 e. The Morgan fingerprint density at radius 1 is 1.07 bits per heavy atom. The zero-order valence-corrected chi connectivity index (χ0v) is 15.6. The van der Waals surface area contributed by atoms with Crippen molar-refractivity contribution >= 4 is 35.1 Å². The lowest BCUT2D eigenvalue weighted by Crippen LogP contribution is -2.20. The number of aliphatic imine (C=N–C) groups is 1. The van der Waals surface area contributed by atoms with E-state index in [1.54, 1.807) is 18.3 Å². The molecule has 0 aliphatic carbocycles. The molecule has 4 nitrogen and oxygen atoms in total. The van der Waals surface area contributed by atoms with E-state index in [4.69, 9.17) is 16.3 Å². The van der Waals surface area contributed by atoms with Gasteiger partial charge in [-0.25, -0.2) is 0 Å². The predicted octanol–water partition coefficient (Wildman–Crippen LogP) is 5.42. The van der Waals surface area contributed by atoms with Gasteiger partial charge in [0.25, 0.3) is 5.91 Å². The third kappa shape index (κ3) is 5.69. The highest BCUT2D eigenvalue weighted by Crippen LogP contribution is 2.20. The number of benzene rings is 3. The fourth-order valence-electron chi connectivity index (χ4n) is 2.33. The molecule has 3 aromatic rings. The van der Waals surface area contributed by atoms with Gasteiger partial charge in [0.05, 0.1) is 5.69 Å². The van der Waals surface area contributed by atoms with Crippen LogP contribution in [0.5, 0.6) is 5.75 Å². The van der Waals surface area contributed by atoms with Gasteiger partial charge in [0.2, 0.25) is 0 Å². The number of carbonyl (C=O) groups is 1. The normalized spacial score (nSPS) is 10.7. The molecular weight excluding hydrogens is 360 g/mol. The van der Waals surface area contributed by atoms with Gasteiger partial charge in [0.15, 0.2) is 6.61 Å². The van der Waals surface area contributed by atoms with Crippen LogP contribution >= 0.6 is 11.6 Å². The van der Waals surface area contributed by atoms with Crippen LogP contribution in [0, 0.1) is 6.92 Å². The molecule has 0 aliphatic heterocycles. The van der Waals surface area contributed by atoms with Gasteiger partial charge < -0.3 is 10.1 Å². The van der Waals surface area contributed by atoms with Crippen molar-refractivity contribution in [1.82, 2.24) is 0 Å². The van der Waals surface area contributed by atoms with Crippen molar-refractivity contribution in [1.29, 1.82) is 0 Å². The van der Waals surface area contributed by atoms with Gasteiger partial charge >= 0.3 is 0 Å². The van der Waals surface area contributed by atoms with Gasteiger partial charge in [-0.3, -0.25) is 9.79 Å². The highest BCUT2D eigenvalue weighted by atomic mass is 35.5. The standard InChI is InChI=1S/C22H19ClN2O2/c1-16-7-10-19(13-21(16)23)25-22(26)15-27-20-11-8-17(9-12-20)14-24-18-5-3-2-4-6-18/h2-14H,15H2,1H3,(H,25,26). The first-order valence-electron chi connectivity index (χ1n) is 8.48. The van der Waals surface area contributed by atoms with Gasteiger partial charge in [-0.2, -0.15) is 0 Å². The molecule has 0 atom stereocenters. The quantitative estimate of drug-likeness (QED) is 0.582. The first-order valence-corrected chi connectivity index (χ1v) is 8.86. The third-order valence-electron chi connectivity index (χ3n) is 3.82. The number of hydrogen-bond donors (Lipinski definition) is 1. The summed E-state index contributed by atoms with van der Waals surface area (Å²) in [5, 5.41) is 3.37. The minimum atomic E-state index is -0.246. The number of aryl methyl sites for hydroxylation is 1. The Kier molecular flexibility index (Phi) is 6.23. The lowest BCUT2D eigenvalue weighted by molar-refractivity contribution is -0.118. The number of para-hydroxylation sites is 1. The number of amides is 1. The molecule has 0 aromatic heterocycles. The van der Waals surface area contributed by atoms with Crippen LogP contribution in [-0.4, -0.2) is 18.7 Å². The molecule has 0 spiro atoms. The lowest BCUT2D eigenvalue weighted by Gasteiger charge is -2.08. The Hall–Kier alpha value is -3.11. The molecule has 1 amide bonds. The predicted molar refractivity (Wildman–Crippen MR) is 110 cm³/mol. The smallest absolute Gasteiger partial charge is 0.262 e. The van der Waals surface area contributed by atoms with E-state index in [0.717, 1.165) is 16.8 Å². The highest BCUT2D eigenvalue weighted by Gasteiger charge is 2.05. The second kappa shape index (κ2) is 9.01. The fourth-order valence-corrected chi connectivity index (χ4v) is 2.51. The summed E-state index contributed by atoms with van der Waals surface area (Å²) in [6.45, 7) is 1.83. The zero-order chi connectivity index (χ0) is 19.1. The van der Waals surface area contributed by atoms with Crippen LogP contribution in [0.3, 0.4) is 0 Å². The number of halogens is 1. The maximum atomic E-state index is 12.0. The average molecular weight is 379 g/mol. The van der Waals surface area contributed by atoms with Crippen molar-refractivity contribution in [3.05, 3.63) is 88.9 Å². The summed E-state index contributed by atoms with van der Waals surface area (Å²) in [6, 6.07) is 22.5. The van der Waals surface area contributed by atoms with Crippen LogP contribution in [0.25, 0.3) is 0 Å². The summed E-state index contributed by atoms with van der Waals surface area (Å²) in [4.78, 5) is 16.4. The first kappa shape index (κ1) is 18.7. The average Bonchev–Trinajstić information content (AvgIpc) is 2.69. The summed E-state index contributed by atoms with van der Waals surface area (Å²) < 4.78 is 5.52. The van der Waals surface area contributed by atoms with Gasteiger partial charge in [-0.15, -0.1) is 0 Å². The number of anilines is 1. The second-order valence-corrected chi connectivity index (χ2v) is 6.37. The Labute approximate surface area is 163 Å². The molecule has 1 N–H and O–H groups in total. The SMILES string of the molecule is Cc1ccc(NC(=O)COc2ccc(C=Nc3ccccc3)cc2)cc1Cl. The molecule has 3 rings (SSSR count). The van der Waals surface area contributed by atoms with Crippen molar-refractivity contribution in [3.8, 4) is 5.75 Å². The molecule has 0 heterocycles. The van der Waals surface area contributed by atoms with Crippen molar-refractivity contribution in [2.45, 2.75) is 6.92 Å². The second-order valence-electron chi connectivity index (χ2n) is 5.96. The van der Waals surface area contributed by atoms with Gasteiger partial charge in [-0.1, -0.05) is 35.9 Å². The molecule has 136 valence electrons. The Morgan fingerprint density at radius 2 is 1.81 bits per heavy atom. The van der Waals surface area contributed by atoms with E-state index in [2.05, 4.69) is 10.3 Å². The zero-order valence-electron chi connectivity index (χ0n) is 14.9. The number of carbonyl (C=O) groups excluding carboxylic acids is 1. The van der Waals surface area contributed by atoms with E-state index >= 15 is 0 Å². The summed E-state index contributed by atoms with van der Waals surface area (Å²) >= 11 is 6.06. The topological polar surface area (TPSA) is 50.7 Å². The van der Waals surface area contributed by atoms with E-state index in [1.165, 1.54) is 0 Å². The molecular formula is C22H19ClN2O2. The monoisotopic (exact) mass is 378 g/mol. The Balaban J connectivity index is 1.51. The van der Waals surface area contributed by atoms with Crippen molar-refractivity contribution in [2.75, 3.05) is 11.9 Å². The van der Waals surface area contributed by atoms with Crippen LogP contribution in [-0.2, 0) is 4.79 Å². The number of hydrogen-bond acceptors (Lipinski definition) is 3. The number of nitrogens with one attached hydrogen (secondary N) is 1. The summed E-state index contributed by atoms with van der Waals surface area (Å²) in [5.41, 5.74) is 3.45. The van der Waals surface area contributed by atoms with Crippen LogP contribution in [0.15, 0.2) is 77.8 Å². The van der Waals surface area contributed by atoms with Gasteiger partial charge in [-0.05, 0) is 66.6 Å². The Bertz CT molecular complexity index is 938. The minimum Gasteiger partial charge on any atom is -0.484 e. The van der Waals surface area contributed by atoms with Gasteiger partial charge in [0, 0.05) is 16.9 Å². The highest BCUT2D eigenvalue weighted by molar-refractivity contribution is 6.31. The van der Waals surface area contributed by atoms with Crippen molar-refractivity contribution < 1.29 is 9.53 Å². The minimum absolute atomic E-state index is 0.0804. The molecule has 0 saturated carbocycles. The van der Waals surface area contributed by atoms with Crippen LogP contribution in [0.4, 0.5) is 11.4 Å². The summed E-state index contributed by atoms with van der Waals surface area (Å²) in [5.74, 6) is 0.369. The van der Waals surface area contributed by atoms with E-state index in [1.807, 2.05) is 67.6 Å². The third-order valence-corrected chi connectivity index (χ3v) is 4.23. The lowest BCUT2D eigenvalue weighted by atomic mass is 10.2. The summed E-state index contributed by atoms with van der Waals surface area (Å²) in [6.07, 6.45) is 1.78.